The van der Waals surface area contributed by atoms with E-state index in [0.717, 1.165) is 11.3 Å². The molecule has 0 radical (unpaired) electrons. The van der Waals surface area contributed by atoms with E-state index >= 15 is 0 Å². The van der Waals surface area contributed by atoms with Gasteiger partial charge in [0.2, 0.25) is 18.5 Å². The van der Waals surface area contributed by atoms with Crippen molar-refractivity contribution in [2.75, 3.05) is 18.7 Å². The molecule has 9 nitrogen and oxygen atoms in total. The summed E-state index contributed by atoms with van der Waals surface area (Å²) in [5.41, 5.74) is 1.40. The maximum atomic E-state index is 12.2. The molecule has 0 saturated heterocycles. The first kappa shape index (κ1) is 16.8. The second kappa shape index (κ2) is 7.32. The molecular weight excluding hydrogens is 350 g/mol. The van der Waals surface area contributed by atoms with Crippen LogP contribution >= 0.6 is 0 Å². The van der Waals surface area contributed by atoms with E-state index in [-0.39, 0.29) is 19.2 Å². The normalized spacial score (nSPS) is 12.0. The number of aromatic nitrogens is 4. The largest absolute Gasteiger partial charge is 0.494 e. The lowest BCUT2D eigenvalue weighted by molar-refractivity contribution is -0.117. The summed E-state index contributed by atoms with van der Waals surface area (Å²) in [6.07, 6.45) is 0. The van der Waals surface area contributed by atoms with Crippen molar-refractivity contribution >= 4 is 11.6 Å². The van der Waals surface area contributed by atoms with Crippen molar-refractivity contribution in [3.05, 3.63) is 42.5 Å². The van der Waals surface area contributed by atoms with Crippen molar-refractivity contribution in [2.45, 2.75) is 13.5 Å². The number of ether oxygens (including phenoxy) is 3. The minimum absolute atomic E-state index is 0.0571. The van der Waals surface area contributed by atoms with Gasteiger partial charge in [-0.3, -0.25) is 4.79 Å². The zero-order valence-corrected chi connectivity index (χ0v) is 14.6. The molecule has 1 aliphatic heterocycles. The van der Waals surface area contributed by atoms with Crippen LogP contribution in [0.25, 0.3) is 11.4 Å². The van der Waals surface area contributed by atoms with Crippen LogP contribution in [0.15, 0.2) is 42.5 Å². The lowest BCUT2D eigenvalue weighted by Gasteiger charge is -2.05. The van der Waals surface area contributed by atoms with Crippen molar-refractivity contribution < 1.29 is 19.0 Å². The summed E-state index contributed by atoms with van der Waals surface area (Å²) in [6.45, 7) is 2.66. The Morgan fingerprint density at radius 1 is 1.19 bits per heavy atom. The molecule has 4 rings (SSSR count). The molecule has 2 aromatic carbocycles. The molecule has 9 heteroatoms. The molecule has 0 spiro atoms. The maximum absolute atomic E-state index is 12.2. The van der Waals surface area contributed by atoms with Gasteiger partial charge in [0.25, 0.3) is 0 Å². The van der Waals surface area contributed by atoms with Gasteiger partial charge in [-0.05, 0) is 48.5 Å². The smallest absolute Gasteiger partial charge is 0.248 e. The molecule has 0 atom stereocenters. The highest BCUT2D eigenvalue weighted by Gasteiger charge is 2.15. The number of nitrogens with zero attached hydrogens (tertiary/aromatic N) is 4. The fourth-order valence-electron chi connectivity index (χ4n) is 2.60. The molecule has 2 heterocycles. The highest BCUT2D eigenvalue weighted by molar-refractivity contribution is 5.90. The summed E-state index contributed by atoms with van der Waals surface area (Å²) in [5.74, 6) is 2.20. The number of benzene rings is 2. The van der Waals surface area contributed by atoms with Gasteiger partial charge in [-0.2, -0.15) is 4.80 Å². The highest BCUT2D eigenvalue weighted by atomic mass is 16.7. The SMILES string of the molecule is CCOc1ccc(-c2nnn(CC(=O)Nc3ccc4c(c3)OCO4)n2)cc1. The molecule has 1 amide bonds. The Kier molecular flexibility index (Phi) is 4.56. The van der Waals surface area contributed by atoms with Gasteiger partial charge in [0.05, 0.1) is 6.61 Å². The van der Waals surface area contributed by atoms with Gasteiger partial charge in [0, 0.05) is 17.3 Å². The molecule has 0 unspecified atom stereocenters. The number of hydrogen-bond acceptors (Lipinski definition) is 7. The third kappa shape index (κ3) is 3.81. The van der Waals surface area contributed by atoms with Crippen LogP contribution in [0.2, 0.25) is 0 Å². The van der Waals surface area contributed by atoms with Crippen molar-refractivity contribution in [3.63, 3.8) is 0 Å². The van der Waals surface area contributed by atoms with E-state index in [9.17, 15) is 4.79 Å². The number of carbonyl (C=O) groups excluding carboxylic acids is 1. The van der Waals surface area contributed by atoms with E-state index in [4.69, 9.17) is 14.2 Å². The van der Waals surface area contributed by atoms with Crippen molar-refractivity contribution in [1.29, 1.82) is 0 Å². The van der Waals surface area contributed by atoms with Crippen LogP contribution in [0, 0.1) is 0 Å². The average Bonchev–Trinajstić information content (AvgIpc) is 3.31. The fourth-order valence-corrected chi connectivity index (χ4v) is 2.60. The van der Waals surface area contributed by atoms with E-state index in [1.54, 1.807) is 18.2 Å². The number of carbonyl (C=O) groups is 1. The second-order valence-electron chi connectivity index (χ2n) is 5.72. The topological polar surface area (TPSA) is 100 Å². The number of fused-ring (bicyclic) bond motifs is 1. The molecule has 27 heavy (non-hydrogen) atoms. The summed E-state index contributed by atoms with van der Waals surface area (Å²) >= 11 is 0. The van der Waals surface area contributed by atoms with E-state index in [1.807, 2.05) is 31.2 Å². The molecule has 138 valence electrons. The summed E-state index contributed by atoms with van der Waals surface area (Å²) in [7, 11) is 0. The lowest BCUT2D eigenvalue weighted by atomic mass is 10.2. The lowest BCUT2D eigenvalue weighted by Crippen LogP contribution is -2.20. The second-order valence-corrected chi connectivity index (χ2v) is 5.72. The summed E-state index contributed by atoms with van der Waals surface area (Å²) in [4.78, 5) is 13.5. The Hall–Kier alpha value is -3.62. The molecule has 3 aromatic rings. The molecule has 1 aliphatic rings. The average molecular weight is 367 g/mol. The van der Waals surface area contributed by atoms with Gasteiger partial charge in [-0.1, -0.05) is 0 Å². The standard InChI is InChI=1S/C18H17N5O4/c1-2-25-14-6-3-12(4-7-14)18-20-22-23(21-18)10-17(24)19-13-5-8-15-16(9-13)27-11-26-15/h3-9H,2,10-11H2,1H3,(H,19,24). The Balaban J connectivity index is 1.39. The highest BCUT2D eigenvalue weighted by Crippen LogP contribution is 2.34. The van der Waals surface area contributed by atoms with Crippen LogP contribution in [-0.2, 0) is 11.3 Å². The fraction of sp³-hybridized carbons (Fsp3) is 0.222. The van der Waals surface area contributed by atoms with Crippen LogP contribution in [0.4, 0.5) is 5.69 Å². The first-order valence-electron chi connectivity index (χ1n) is 8.42. The monoisotopic (exact) mass is 367 g/mol. The van der Waals surface area contributed by atoms with Gasteiger partial charge in [-0.25, -0.2) is 0 Å². The van der Waals surface area contributed by atoms with Crippen LogP contribution in [0.5, 0.6) is 17.2 Å². The van der Waals surface area contributed by atoms with Crippen molar-refractivity contribution in [3.8, 4) is 28.6 Å². The maximum Gasteiger partial charge on any atom is 0.248 e. The predicted octanol–water partition coefficient (Wildman–Crippen LogP) is 2.11. The molecule has 0 bridgehead atoms. The molecule has 1 aromatic heterocycles. The van der Waals surface area contributed by atoms with Crippen molar-refractivity contribution in [1.82, 2.24) is 20.2 Å². The van der Waals surface area contributed by atoms with Gasteiger partial charge >= 0.3 is 0 Å². The quantitative estimate of drug-likeness (QED) is 0.712. The molecule has 0 saturated carbocycles. The Labute approximate surface area is 154 Å². The van der Waals surface area contributed by atoms with E-state index in [1.165, 1.54) is 4.80 Å². The van der Waals surface area contributed by atoms with Crippen LogP contribution in [0.3, 0.4) is 0 Å². The Morgan fingerprint density at radius 3 is 2.81 bits per heavy atom. The number of tetrazole rings is 1. The number of anilines is 1. The van der Waals surface area contributed by atoms with Gasteiger partial charge in [0.15, 0.2) is 11.5 Å². The van der Waals surface area contributed by atoms with Gasteiger partial charge < -0.3 is 19.5 Å². The minimum atomic E-state index is -0.274. The first-order valence-corrected chi connectivity index (χ1v) is 8.42. The van der Waals surface area contributed by atoms with Crippen LogP contribution in [0.1, 0.15) is 6.92 Å². The zero-order chi connectivity index (χ0) is 18.6. The Morgan fingerprint density at radius 2 is 2.00 bits per heavy atom. The van der Waals surface area contributed by atoms with Crippen LogP contribution < -0.4 is 19.5 Å². The third-order valence-electron chi connectivity index (χ3n) is 3.82. The van der Waals surface area contributed by atoms with E-state index in [2.05, 4.69) is 20.7 Å². The van der Waals surface area contributed by atoms with Gasteiger partial charge in [-0.15, -0.1) is 10.2 Å². The third-order valence-corrected chi connectivity index (χ3v) is 3.82. The molecular formula is C18H17N5O4. The summed E-state index contributed by atoms with van der Waals surface area (Å²) in [5, 5.41) is 14.9. The number of amides is 1. The zero-order valence-electron chi connectivity index (χ0n) is 14.6. The molecule has 0 aliphatic carbocycles. The number of nitrogens with one attached hydrogen (secondary N) is 1. The van der Waals surface area contributed by atoms with Crippen LogP contribution in [-0.4, -0.2) is 39.5 Å². The minimum Gasteiger partial charge on any atom is -0.494 e. The van der Waals surface area contributed by atoms with Gasteiger partial charge in [0.1, 0.15) is 12.3 Å². The summed E-state index contributed by atoms with van der Waals surface area (Å²) < 4.78 is 15.9. The predicted molar refractivity (Wildman–Crippen MR) is 95.6 cm³/mol. The van der Waals surface area contributed by atoms with Crippen molar-refractivity contribution in [2.24, 2.45) is 0 Å². The Bertz CT molecular complexity index is 955. The first-order chi connectivity index (χ1) is 13.2. The number of hydrogen-bond donors (Lipinski definition) is 1. The van der Waals surface area contributed by atoms with E-state index < -0.39 is 0 Å². The summed E-state index contributed by atoms with van der Waals surface area (Å²) in [6, 6.07) is 12.6. The number of rotatable bonds is 6. The van der Waals surface area contributed by atoms with E-state index in [0.29, 0.717) is 29.6 Å². The molecule has 1 N–H and O–H groups in total. The molecule has 0 fully saturated rings.